The molecule has 0 fully saturated rings. The maximum atomic E-state index is 12.3. The Bertz CT molecular complexity index is 622. The molecule has 0 atom stereocenters. The molecule has 0 N–H and O–H groups in total. The van der Waals surface area contributed by atoms with Crippen LogP contribution in [0.2, 0.25) is 0 Å². The van der Waals surface area contributed by atoms with Crippen LogP contribution in [0.1, 0.15) is 21.5 Å². The van der Waals surface area contributed by atoms with Gasteiger partial charge in [0.15, 0.2) is 5.78 Å². The number of hydrogen-bond acceptors (Lipinski definition) is 3. The fourth-order valence-electron chi connectivity index (χ4n) is 2.62. The zero-order chi connectivity index (χ0) is 13.9. The van der Waals surface area contributed by atoms with E-state index in [2.05, 4.69) is 17.0 Å². The van der Waals surface area contributed by atoms with Gasteiger partial charge in [-0.15, -0.1) is 0 Å². The quantitative estimate of drug-likeness (QED) is 0.856. The van der Waals surface area contributed by atoms with E-state index in [4.69, 9.17) is 4.74 Å². The molecule has 0 spiro atoms. The highest BCUT2D eigenvalue weighted by atomic mass is 16.5. The Morgan fingerprint density at radius 2 is 1.90 bits per heavy atom. The van der Waals surface area contributed by atoms with Crippen LogP contribution in [0.15, 0.2) is 48.5 Å². The fraction of sp³-hybridized carbons (Fsp3) is 0.235. The van der Waals surface area contributed by atoms with Gasteiger partial charge in [0, 0.05) is 18.7 Å². The number of nitrogens with zero attached hydrogens (tertiary/aromatic N) is 1. The second kappa shape index (κ2) is 5.47. The first-order valence-electron chi connectivity index (χ1n) is 6.72. The summed E-state index contributed by atoms with van der Waals surface area (Å²) < 4.78 is 5.19. The van der Waals surface area contributed by atoms with Gasteiger partial charge in [-0.1, -0.05) is 36.4 Å². The van der Waals surface area contributed by atoms with E-state index in [-0.39, 0.29) is 5.78 Å². The van der Waals surface area contributed by atoms with Crippen LogP contribution in [0, 0.1) is 0 Å². The van der Waals surface area contributed by atoms with Gasteiger partial charge in [-0.2, -0.15) is 0 Å². The lowest BCUT2D eigenvalue weighted by molar-refractivity contribution is 0.0894. The molecular weight excluding hydrogens is 250 g/mol. The van der Waals surface area contributed by atoms with Crippen LogP contribution in [0.25, 0.3) is 0 Å². The van der Waals surface area contributed by atoms with E-state index in [9.17, 15) is 4.79 Å². The number of fused-ring (bicyclic) bond motifs is 1. The number of rotatable bonds is 3. The van der Waals surface area contributed by atoms with E-state index in [0.29, 0.717) is 6.54 Å². The number of Topliss-reactive ketones (excluding diaryl/α,β-unsaturated/α-hetero) is 1. The highest BCUT2D eigenvalue weighted by Gasteiger charge is 2.23. The van der Waals surface area contributed by atoms with Crippen LogP contribution in [0.4, 0.5) is 0 Å². The molecule has 102 valence electrons. The van der Waals surface area contributed by atoms with Crippen molar-refractivity contribution in [2.24, 2.45) is 0 Å². The summed E-state index contributed by atoms with van der Waals surface area (Å²) in [5.41, 5.74) is 3.11. The van der Waals surface area contributed by atoms with Crippen molar-refractivity contribution < 1.29 is 9.53 Å². The Morgan fingerprint density at radius 1 is 1.10 bits per heavy atom. The lowest BCUT2D eigenvalue weighted by Gasteiger charge is -2.28. The molecule has 1 heterocycles. The van der Waals surface area contributed by atoms with Crippen molar-refractivity contribution in [2.45, 2.75) is 13.1 Å². The van der Waals surface area contributed by atoms with Gasteiger partial charge in [-0.25, -0.2) is 0 Å². The van der Waals surface area contributed by atoms with E-state index in [0.717, 1.165) is 30.0 Å². The zero-order valence-electron chi connectivity index (χ0n) is 11.5. The number of carbonyl (C=O) groups is 1. The summed E-state index contributed by atoms with van der Waals surface area (Å²) in [6.07, 6.45) is 0. The first-order valence-corrected chi connectivity index (χ1v) is 6.72. The summed E-state index contributed by atoms with van der Waals surface area (Å²) in [7, 11) is 1.62. The third kappa shape index (κ3) is 2.58. The third-order valence-electron chi connectivity index (χ3n) is 3.63. The molecule has 0 bridgehead atoms. The van der Waals surface area contributed by atoms with E-state index >= 15 is 0 Å². The van der Waals surface area contributed by atoms with Crippen molar-refractivity contribution in [3.63, 3.8) is 0 Å². The average molecular weight is 267 g/mol. The van der Waals surface area contributed by atoms with Crippen molar-refractivity contribution in [1.29, 1.82) is 0 Å². The maximum absolute atomic E-state index is 12.3. The van der Waals surface area contributed by atoms with Gasteiger partial charge in [0.25, 0.3) is 0 Å². The molecule has 2 aromatic carbocycles. The molecular formula is C17H17NO2. The second-order valence-electron chi connectivity index (χ2n) is 5.08. The molecule has 3 heteroatoms. The largest absolute Gasteiger partial charge is 0.497 e. The van der Waals surface area contributed by atoms with Gasteiger partial charge in [0.1, 0.15) is 5.75 Å². The highest BCUT2D eigenvalue weighted by molar-refractivity contribution is 6.00. The van der Waals surface area contributed by atoms with Gasteiger partial charge in [-0.05, 0) is 23.3 Å². The average Bonchev–Trinajstić information content (AvgIpc) is 2.48. The summed E-state index contributed by atoms with van der Waals surface area (Å²) in [6, 6.07) is 16.0. The van der Waals surface area contributed by atoms with Gasteiger partial charge in [-0.3, -0.25) is 9.69 Å². The van der Waals surface area contributed by atoms with Crippen LogP contribution >= 0.6 is 0 Å². The van der Waals surface area contributed by atoms with Crippen LogP contribution < -0.4 is 4.74 Å². The summed E-state index contributed by atoms with van der Waals surface area (Å²) >= 11 is 0. The predicted octanol–water partition coefficient (Wildman–Crippen LogP) is 2.89. The number of ketones is 1. The third-order valence-corrected chi connectivity index (χ3v) is 3.63. The van der Waals surface area contributed by atoms with E-state index in [1.54, 1.807) is 7.11 Å². The van der Waals surface area contributed by atoms with Crippen LogP contribution in [-0.2, 0) is 13.1 Å². The molecule has 0 radical (unpaired) electrons. The van der Waals surface area contributed by atoms with Crippen molar-refractivity contribution in [2.75, 3.05) is 13.7 Å². The van der Waals surface area contributed by atoms with Crippen molar-refractivity contribution in [3.05, 3.63) is 65.2 Å². The standard InChI is InChI=1S/C17H17NO2/c1-20-15-8-7-14-11-18(12-17(19)16(14)9-15)10-13-5-3-2-4-6-13/h2-9H,10-12H2,1H3. The van der Waals surface area contributed by atoms with Gasteiger partial charge < -0.3 is 4.74 Å². The molecule has 1 aliphatic heterocycles. The maximum Gasteiger partial charge on any atom is 0.177 e. The molecule has 3 rings (SSSR count). The van der Waals surface area contributed by atoms with Gasteiger partial charge >= 0.3 is 0 Å². The number of benzene rings is 2. The minimum absolute atomic E-state index is 0.168. The Labute approximate surface area is 118 Å². The summed E-state index contributed by atoms with van der Waals surface area (Å²) in [4.78, 5) is 14.4. The molecule has 0 unspecified atom stereocenters. The molecule has 0 aliphatic carbocycles. The topological polar surface area (TPSA) is 29.5 Å². The minimum Gasteiger partial charge on any atom is -0.497 e. The highest BCUT2D eigenvalue weighted by Crippen LogP contribution is 2.24. The first kappa shape index (κ1) is 12.9. The van der Waals surface area contributed by atoms with Crippen LogP contribution in [0.5, 0.6) is 5.75 Å². The van der Waals surface area contributed by atoms with Gasteiger partial charge in [0.05, 0.1) is 13.7 Å². The molecule has 20 heavy (non-hydrogen) atoms. The molecule has 1 aliphatic rings. The number of carbonyl (C=O) groups excluding carboxylic acids is 1. The fourth-order valence-corrected chi connectivity index (χ4v) is 2.62. The van der Waals surface area contributed by atoms with Crippen molar-refractivity contribution in [1.82, 2.24) is 4.90 Å². The Morgan fingerprint density at radius 3 is 2.65 bits per heavy atom. The molecule has 0 saturated carbocycles. The summed E-state index contributed by atoms with van der Waals surface area (Å²) in [6.45, 7) is 2.08. The first-order chi connectivity index (χ1) is 9.76. The molecule has 0 saturated heterocycles. The van der Waals surface area contributed by atoms with Crippen molar-refractivity contribution in [3.8, 4) is 5.75 Å². The lowest BCUT2D eigenvalue weighted by atomic mass is 9.98. The van der Waals surface area contributed by atoms with Crippen LogP contribution in [0.3, 0.4) is 0 Å². The number of ether oxygens (including phenoxy) is 1. The number of hydrogen-bond donors (Lipinski definition) is 0. The van der Waals surface area contributed by atoms with Gasteiger partial charge in [0.2, 0.25) is 0 Å². The van der Waals surface area contributed by atoms with Crippen molar-refractivity contribution >= 4 is 5.78 Å². The smallest absolute Gasteiger partial charge is 0.177 e. The van der Waals surface area contributed by atoms with E-state index in [1.807, 2.05) is 36.4 Å². The molecule has 2 aromatic rings. The Hall–Kier alpha value is -2.13. The second-order valence-corrected chi connectivity index (χ2v) is 5.08. The Balaban J connectivity index is 1.81. The lowest BCUT2D eigenvalue weighted by Crippen LogP contribution is -2.34. The SMILES string of the molecule is COc1ccc2c(c1)C(=O)CN(Cc1ccccc1)C2. The number of methoxy groups -OCH3 is 1. The zero-order valence-corrected chi connectivity index (χ0v) is 11.5. The van der Waals surface area contributed by atoms with E-state index in [1.165, 1.54) is 5.56 Å². The normalized spacial score (nSPS) is 14.9. The monoisotopic (exact) mass is 267 g/mol. The summed E-state index contributed by atoms with van der Waals surface area (Å²) in [5, 5.41) is 0. The molecule has 3 nitrogen and oxygen atoms in total. The summed E-state index contributed by atoms with van der Waals surface area (Å²) in [5.74, 6) is 0.912. The minimum atomic E-state index is 0.168. The van der Waals surface area contributed by atoms with E-state index < -0.39 is 0 Å². The predicted molar refractivity (Wildman–Crippen MR) is 77.9 cm³/mol. The van der Waals surface area contributed by atoms with Crippen LogP contribution in [-0.4, -0.2) is 24.3 Å². The molecule has 0 aromatic heterocycles. The Kier molecular flexibility index (Phi) is 3.52. The molecule has 0 amide bonds.